The lowest BCUT2D eigenvalue weighted by atomic mass is 10.2. The van der Waals surface area contributed by atoms with Crippen molar-refractivity contribution in [2.45, 2.75) is 0 Å². The van der Waals surface area contributed by atoms with Crippen molar-refractivity contribution in [1.29, 1.82) is 0 Å². The lowest BCUT2D eigenvalue weighted by Crippen LogP contribution is -1.74. The quantitative estimate of drug-likeness (QED) is 0.635. The molecule has 0 bridgehead atoms. The maximum absolute atomic E-state index is 6.03. The molecule has 0 aliphatic rings. The van der Waals surface area contributed by atoms with E-state index in [1.807, 2.05) is 18.2 Å². The summed E-state index contributed by atoms with van der Waals surface area (Å²) in [6, 6.07) is 5.73. The fourth-order valence-corrected chi connectivity index (χ4v) is 2.41. The van der Waals surface area contributed by atoms with Gasteiger partial charge in [0, 0.05) is 27.0 Å². The third-order valence-corrected chi connectivity index (χ3v) is 3.86. The molecule has 5 heteroatoms. The number of nitrogens with zero attached hydrogens (tertiary/aromatic N) is 1. The highest BCUT2D eigenvalue weighted by Crippen LogP contribution is 2.32. The number of fused-ring (bicyclic) bond motifs is 3. The van der Waals surface area contributed by atoms with Gasteiger partial charge in [0.15, 0.2) is 0 Å². The van der Waals surface area contributed by atoms with Gasteiger partial charge in [-0.25, -0.2) is 4.98 Å². The predicted molar refractivity (Wildman–Crippen MR) is 71.3 cm³/mol. The van der Waals surface area contributed by atoms with Gasteiger partial charge in [0.2, 0.25) is 0 Å². The van der Waals surface area contributed by atoms with Crippen LogP contribution in [0.5, 0.6) is 0 Å². The van der Waals surface area contributed by atoms with Crippen LogP contribution in [0, 0.1) is 0 Å². The molecule has 0 aliphatic carbocycles. The summed E-state index contributed by atoms with van der Waals surface area (Å²) < 4.78 is 0.863. The minimum Gasteiger partial charge on any atom is -0.339 e. The van der Waals surface area contributed by atoms with Crippen molar-refractivity contribution in [3.8, 4) is 0 Å². The van der Waals surface area contributed by atoms with E-state index in [0.29, 0.717) is 10.0 Å². The molecule has 0 atom stereocenters. The monoisotopic (exact) mass is 314 g/mol. The second kappa shape index (κ2) is 3.62. The smallest absolute Gasteiger partial charge is 0.138 e. The van der Waals surface area contributed by atoms with Gasteiger partial charge in [0.25, 0.3) is 0 Å². The Kier molecular flexibility index (Phi) is 2.35. The van der Waals surface area contributed by atoms with E-state index < -0.39 is 0 Å². The molecule has 1 N–H and O–H groups in total. The number of aromatic amines is 1. The Bertz CT molecular complexity index is 706. The van der Waals surface area contributed by atoms with Gasteiger partial charge >= 0.3 is 0 Å². The summed E-state index contributed by atoms with van der Waals surface area (Å²) in [4.78, 5) is 7.43. The average Bonchev–Trinajstić information content (AvgIpc) is 2.57. The molecule has 3 rings (SSSR count). The van der Waals surface area contributed by atoms with Gasteiger partial charge in [-0.15, -0.1) is 0 Å². The van der Waals surface area contributed by atoms with Gasteiger partial charge in [-0.05, 0) is 34.1 Å². The standard InChI is InChI=1S/C11H5BrCl2N2/c12-8-2-6-7-1-5(13)4-15-11(7)16-10(6)3-9(8)14/h1-4H,(H,15,16). The van der Waals surface area contributed by atoms with Crippen LogP contribution in [-0.4, -0.2) is 9.97 Å². The normalized spacial score (nSPS) is 11.4. The van der Waals surface area contributed by atoms with E-state index in [1.54, 1.807) is 6.20 Å². The summed E-state index contributed by atoms with van der Waals surface area (Å²) in [5, 5.41) is 3.35. The van der Waals surface area contributed by atoms with Crippen LogP contribution in [0.25, 0.3) is 21.9 Å². The van der Waals surface area contributed by atoms with Crippen LogP contribution in [0.2, 0.25) is 10.0 Å². The molecule has 0 aliphatic heterocycles. The zero-order valence-electron chi connectivity index (χ0n) is 7.89. The van der Waals surface area contributed by atoms with Crippen LogP contribution in [0.1, 0.15) is 0 Å². The molecule has 0 saturated heterocycles. The second-order valence-corrected chi connectivity index (χ2v) is 5.18. The minimum atomic E-state index is 0.625. The van der Waals surface area contributed by atoms with E-state index in [-0.39, 0.29) is 0 Å². The first-order valence-electron chi connectivity index (χ1n) is 4.57. The Hall–Kier alpha value is -0.770. The summed E-state index contributed by atoms with van der Waals surface area (Å²) >= 11 is 15.4. The lowest BCUT2D eigenvalue weighted by Gasteiger charge is -1.96. The topological polar surface area (TPSA) is 28.7 Å². The molecule has 0 radical (unpaired) electrons. The van der Waals surface area contributed by atoms with Crippen LogP contribution in [0.3, 0.4) is 0 Å². The lowest BCUT2D eigenvalue weighted by molar-refractivity contribution is 1.35. The summed E-state index contributed by atoms with van der Waals surface area (Å²) in [6.07, 6.45) is 1.62. The number of H-pyrrole nitrogens is 1. The zero-order chi connectivity index (χ0) is 11.3. The molecule has 3 aromatic rings. The Labute approximate surface area is 110 Å². The molecule has 0 fully saturated rings. The van der Waals surface area contributed by atoms with Crippen molar-refractivity contribution >= 4 is 61.1 Å². The third kappa shape index (κ3) is 1.51. The summed E-state index contributed by atoms with van der Waals surface area (Å²) in [6.45, 7) is 0. The fourth-order valence-electron chi connectivity index (χ4n) is 1.74. The number of rotatable bonds is 0. The highest BCUT2D eigenvalue weighted by Gasteiger charge is 2.08. The number of hydrogen-bond acceptors (Lipinski definition) is 1. The summed E-state index contributed by atoms with van der Waals surface area (Å²) in [5.74, 6) is 0. The maximum Gasteiger partial charge on any atom is 0.138 e. The van der Waals surface area contributed by atoms with Crippen molar-refractivity contribution < 1.29 is 0 Å². The third-order valence-electron chi connectivity index (χ3n) is 2.46. The van der Waals surface area contributed by atoms with Gasteiger partial charge < -0.3 is 4.98 Å². The fraction of sp³-hybridized carbons (Fsp3) is 0. The molecule has 80 valence electrons. The summed E-state index contributed by atoms with van der Waals surface area (Å²) in [7, 11) is 0. The van der Waals surface area contributed by atoms with Gasteiger partial charge in [0.05, 0.1) is 10.0 Å². The molecule has 0 unspecified atom stereocenters. The Morgan fingerprint density at radius 1 is 1.12 bits per heavy atom. The average molecular weight is 316 g/mol. The van der Waals surface area contributed by atoms with E-state index in [0.717, 1.165) is 26.4 Å². The van der Waals surface area contributed by atoms with Crippen molar-refractivity contribution in [2.75, 3.05) is 0 Å². The van der Waals surface area contributed by atoms with E-state index in [9.17, 15) is 0 Å². The van der Waals surface area contributed by atoms with E-state index in [4.69, 9.17) is 23.2 Å². The largest absolute Gasteiger partial charge is 0.339 e. The number of hydrogen-bond donors (Lipinski definition) is 1. The molecule has 0 spiro atoms. The van der Waals surface area contributed by atoms with Crippen LogP contribution < -0.4 is 0 Å². The van der Waals surface area contributed by atoms with Gasteiger partial charge in [-0.2, -0.15) is 0 Å². The van der Waals surface area contributed by atoms with Crippen LogP contribution in [-0.2, 0) is 0 Å². The van der Waals surface area contributed by atoms with Gasteiger partial charge in [-0.1, -0.05) is 23.2 Å². The maximum atomic E-state index is 6.03. The number of nitrogens with one attached hydrogen (secondary N) is 1. The van der Waals surface area contributed by atoms with Crippen molar-refractivity contribution in [3.05, 3.63) is 38.9 Å². The number of halogens is 3. The molecule has 16 heavy (non-hydrogen) atoms. The van der Waals surface area contributed by atoms with Crippen molar-refractivity contribution in [1.82, 2.24) is 9.97 Å². The molecular weight excluding hydrogens is 311 g/mol. The van der Waals surface area contributed by atoms with Crippen LogP contribution >= 0.6 is 39.1 Å². The van der Waals surface area contributed by atoms with E-state index in [1.165, 1.54) is 0 Å². The van der Waals surface area contributed by atoms with Crippen molar-refractivity contribution in [3.63, 3.8) is 0 Å². The minimum absolute atomic E-state index is 0.625. The highest BCUT2D eigenvalue weighted by atomic mass is 79.9. The van der Waals surface area contributed by atoms with Crippen molar-refractivity contribution in [2.24, 2.45) is 0 Å². The molecule has 1 aromatic carbocycles. The second-order valence-electron chi connectivity index (χ2n) is 3.49. The van der Waals surface area contributed by atoms with E-state index >= 15 is 0 Å². The molecule has 2 heterocycles. The Balaban J connectivity index is 2.53. The first kappa shape index (κ1) is 10.4. The molecule has 0 amide bonds. The molecule has 2 nitrogen and oxygen atoms in total. The van der Waals surface area contributed by atoms with Crippen LogP contribution in [0.15, 0.2) is 28.9 Å². The predicted octanol–water partition coefficient (Wildman–Crippen LogP) is 4.79. The first-order chi connectivity index (χ1) is 7.65. The first-order valence-corrected chi connectivity index (χ1v) is 6.12. The van der Waals surface area contributed by atoms with E-state index in [2.05, 4.69) is 25.9 Å². The Morgan fingerprint density at radius 2 is 1.94 bits per heavy atom. The number of pyridine rings is 1. The molecular formula is C11H5BrCl2N2. The van der Waals surface area contributed by atoms with Crippen LogP contribution in [0.4, 0.5) is 0 Å². The SMILES string of the molecule is Clc1cnc2[nH]c3cc(Cl)c(Br)cc3c2c1. The highest BCUT2D eigenvalue weighted by molar-refractivity contribution is 9.10. The number of benzene rings is 1. The zero-order valence-corrected chi connectivity index (χ0v) is 11.0. The molecule has 0 saturated carbocycles. The van der Waals surface area contributed by atoms with Gasteiger partial charge in [0.1, 0.15) is 5.65 Å². The number of aromatic nitrogens is 2. The molecule has 2 aromatic heterocycles. The summed E-state index contributed by atoms with van der Waals surface area (Å²) in [5.41, 5.74) is 1.77. The Morgan fingerprint density at radius 3 is 2.75 bits per heavy atom. The van der Waals surface area contributed by atoms with Gasteiger partial charge in [-0.3, -0.25) is 0 Å².